The lowest BCUT2D eigenvalue weighted by Gasteiger charge is -1.79. The fraction of sp³-hybridized carbons (Fsp3) is 1.00. The highest BCUT2D eigenvalue weighted by Gasteiger charge is 1.68. The van der Waals surface area contributed by atoms with Gasteiger partial charge in [0.15, 0.2) is 0 Å². The third-order valence-electron chi connectivity index (χ3n) is 0.558. The summed E-state index contributed by atoms with van der Waals surface area (Å²) < 4.78 is 0. The first-order valence-electron chi connectivity index (χ1n) is 2.12. The Labute approximate surface area is 71.0 Å². The molecule has 4 heteroatoms. The van der Waals surface area contributed by atoms with Crippen LogP contribution in [0.2, 0.25) is 0 Å². The summed E-state index contributed by atoms with van der Waals surface area (Å²) in [5.74, 6) is 0. The van der Waals surface area contributed by atoms with Crippen molar-refractivity contribution < 1.29 is 0 Å². The van der Waals surface area contributed by atoms with Crippen LogP contribution in [0.1, 0.15) is 19.8 Å². The third-order valence-corrected chi connectivity index (χ3v) is 0.966. The molecule has 0 amide bonds. The molecule has 3 N–H and O–H groups in total. The average Bonchev–Trinajstić information content (AvgIpc) is 1.41. The van der Waals surface area contributed by atoms with Crippen molar-refractivity contribution in [1.82, 2.24) is 6.15 Å². The van der Waals surface area contributed by atoms with Crippen molar-refractivity contribution >= 4 is 38.6 Å². The minimum atomic E-state index is 0. The van der Waals surface area contributed by atoms with Crippen molar-refractivity contribution in [3.8, 4) is 0 Å². The molecule has 56 valence electrons. The fourth-order valence-electron chi connectivity index (χ4n) is 0.204. The Kier molecular flexibility index (Phi) is 69.2. The van der Waals surface area contributed by atoms with E-state index in [-0.39, 0.29) is 35.5 Å². The van der Waals surface area contributed by atoms with E-state index in [0.29, 0.717) is 0 Å². The summed E-state index contributed by atoms with van der Waals surface area (Å²) >= 11 is 0. The van der Waals surface area contributed by atoms with E-state index in [1.807, 2.05) is 0 Å². The maximum absolute atomic E-state index is 2.70. The van der Waals surface area contributed by atoms with E-state index in [4.69, 9.17) is 0 Å². The first-order valence-corrected chi connectivity index (χ1v) is 2.93. The molecule has 0 aromatic heterocycles. The van der Waals surface area contributed by atoms with Crippen LogP contribution in [0.5, 0.6) is 0 Å². The monoisotopic (exact) mass is 223 g/mol. The van der Waals surface area contributed by atoms with Gasteiger partial charge in [-0.1, -0.05) is 19.8 Å². The van der Waals surface area contributed by atoms with Crippen molar-refractivity contribution in [2.24, 2.45) is 0 Å². The van der Waals surface area contributed by atoms with E-state index >= 15 is 0 Å². The lowest BCUT2D eigenvalue weighted by molar-refractivity contribution is 0.897. The van der Waals surface area contributed by atoms with Crippen LogP contribution in [-0.2, 0) is 0 Å². The molecule has 0 aliphatic rings. The quantitative estimate of drug-likeness (QED) is 0.719. The fourth-order valence-corrected chi connectivity index (χ4v) is 0.612. The first kappa shape index (κ1) is 22.9. The highest BCUT2D eigenvalue weighted by molar-refractivity contribution is 8.93. The predicted octanol–water partition coefficient (Wildman–Crippen LogP) is 2.82. The van der Waals surface area contributed by atoms with Gasteiger partial charge >= 0.3 is 0 Å². The molecule has 0 fully saturated rings. The van der Waals surface area contributed by atoms with Gasteiger partial charge in [-0.05, 0) is 6.16 Å². The normalized spacial score (nSPS) is 5.25. The smallest absolute Gasteiger partial charge is 0.0381 e. The lowest BCUT2D eigenvalue weighted by Crippen LogP contribution is -1.64. The number of unbranched alkanes of at least 4 members (excludes halogenated alkanes) is 1. The topological polar surface area (TPSA) is 35.0 Å². The van der Waals surface area contributed by atoms with Crippen LogP contribution < -0.4 is 6.15 Å². The second-order valence-corrected chi connectivity index (χ2v) is 1.72. The van der Waals surface area contributed by atoms with Crippen molar-refractivity contribution in [3.05, 3.63) is 0 Å². The molecule has 0 saturated heterocycles. The minimum absolute atomic E-state index is 0. The van der Waals surface area contributed by atoms with Crippen molar-refractivity contribution in [2.75, 3.05) is 6.16 Å². The summed E-state index contributed by atoms with van der Waals surface area (Å²) in [5.41, 5.74) is 0. The SMILES string of the molecule is Br.CCCCP.Cl.N. The van der Waals surface area contributed by atoms with E-state index < -0.39 is 0 Å². The molecule has 8 heavy (non-hydrogen) atoms. The maximum Gasteiger partial charge on any atom is -0.0381 e. The Morgan fingerprint density at radius 1 is 1.38 bits per heavy atom. The van der Waals surface area contributed by atoms with E-state index in [1.165, 1.54) is 19.0 Å². The number of hydrogen-bond acceptors (Lipinski definition) is 1. The summed E-state index contributed by atoms with van der Waals surface area (Å²) in [7, 11) is 2.70. The first-order chi connectivity index (χ1) is 2.41. The largest absolute Gasteiger partial charge is 0.344 e. The van der Waals surface area contributed by atoms with Gasteiger partial charge in [0.25, 0.3) is 0 Å². The molecule has 1 unspecified atom stereocenters. The molecule has 0 aliphatic carbocycles. The lowest BCUT2D eigenvalue weighted by atomic mass is 10.4. The van der Waals surface area contributed by atoms with Gasteiger partial charge in [-0.25, -0.2) is 0 Å². The molecule has 0 spiro atoms. The van der Waals surface area contributed by atoms with Gasteiger partial charge in [-0.2, -0.15) is 0 Å². The summed E-state index contributed by atoms with van der Waals surface area (Å²) in [6.07, 6.45) is 3.94. The molecule has 0 aliphatic heterocycles. The second-order valence-electron chi connectivity index (χ2n) is 1.14. The Hall–Kier alpha value is 1.16. The van der Waals surface area contributed by atoms with Crippen molar-refractivity contribution in [2.45, 2.75) is 19.8 Å². The van der Waals surface area contributed by atoms with Gasteiger partial charge in [0, 0.05) is 0 Å². The van der Waals surface area contributed by atoms with Crippen LogP contribution >= 0.6 is 38.6 Å². The average molecular weight is 225 g/mol. The predicted molar refractivity (Wildman–Crippen MR) is 52.1 cm³/mol. The number of hydrogen-bond donors (Lipinski definition) is 1. The molecule has 0 heterocycles. The zero-order chi connectivity index (χ0) is 4.12. The number of halogens is 2. The third kappa shape index (κ3) is 27.2. The van der Waals surface area contributed by atoms with Crippen LogP contribution in [0.25, 0.3) is 0 Å². The van der Waals surface area contributed by atoms with Crippen LogP contribution in [0.4, 0.5) is 0 Å². The summed E-state index contributed by atoms with van der Waals surface area (Å²) in [5, 5.41) is 0. The molecular formula is C4H16BrClNP. The Morgan fingerprint density at radius 3 is 1.75 bits per heavy atom. The van der Waals surface area contributed by atoms with Gasteiger partial charge in [0.05, 0.1) is 0 Å². The number of rotatable bonds is 2. The van der Waals surface area contributed by atoms with Crippen LogP contribution in [0.15, 0.2) is 0 Å². The Balaban J connectivity index is -0.0000000267. The second kappa shape index (κ2) is 24.2. The van der Waals surface area contributed by atoms with Gasteiger partial charge in [0.1, 0.15) is 0 Å². The van der Waals surface area contributed by atoms with Crippen molar-refractivity contribution in [1.29, 1.82) is 0 Å². The summed E-state index contributed by atoms with van der Waals surface area (Å²) in [6, 6.07) is 0. The Bertz CT molecular complexity index is 23.5. The highest BCUT2D eigenvalue weighted by Crippen LogP contribution is 1.89. The minimum Gasteiger partial charge on any atom is -0.344 e. The van der Waals surface area contributed by atoms with Crippen LogP contribution in [0, 0.1) is 0 Å². The van der Waals surface area contributed by atoms with Gasteiger partial charge in [-0.15, -0.1) is 38.6 Å². The zero-order valence-corrected chi connectivity index (χ0v) is 8.91. The summed E-state index contributed by atoms with van der Waals surface area (Å²) in [4.78, 5) is 0. The van der Waals surface area contributed by atoms with E-state index in [2.05, 4.69) is 16.2 Å². The van der Waals surface area contributed by atoms with E-state index in [1.54, 1.807) is 0 Å². The highest BCUT2D eigenvalue weighted by atomic mass is 79.9. The maximum atomic E-state index is 2.70. The van der Waals surface area contributed by atoms with Gasteiger partial charge in [0.2, 0.25) is 0 Å². The molecule has 0 saturated carbocycles. The zero-order valence-electron chi connectivity index (χ0n) is 5.22. The van der Waals surface area contributed by atoms with E-state index in [0.717, 1.165) is 0 Å². The molecule has 1 nitrogen and oxygen atoms in total. The summed E-state index contributed by atoms with van der Waals surface area (Å²) in [6.45, 7) is 2.20. The molecule has 0 aromatic rings. The standard InChI is InChI=1S/C4H11P.BrH.ClH.H3N/c1-2-3-4-5;;;/h2-5H2,1H3;2*1H;1H3. The van der Waals surface area contributed by atoms with Crippen LogP contribution in [0.3, 0.4) is 0 Å². The molecule has 0 radical (unpaired) electrons. The van der Waals surface area contributed by atoms with Crippen LogP contribution in [-0.4, -0.2) is 6.16 Å². The molecule has 0 rings (SSSR count). The van der Waals surface area contributed by atoms with E-state index in [9.17, 15) is 0 Å². The van der Waals surface area contributed by atoms with Crippen molar-refractivity contribution in [3.63, 3.8) is 0 Å². The van der Waals surface area contributed by atoms with Gasteiger partial charge < -0.3 is 6.15 Å². The molecule has 1 atom stereocenters. The Morgan fingerprint density at radius 2 is 1.75 bits per heavy atom. The molecule has 0 bridgehead atoms. The molecular weight excluding hydrogens is 208 g/mol. The molecule has 0 aromatic carbocycles. The van der Waals surface area contributed by atoms with Gasteiger partial charge in [-0.3, -0.25) is 0 Å².